The summed E-state index contributed by atoms with van der Waals surface area (Å²) < 4.78 is 16.8. The molecule has 0 bridgehead atoms. The fraction of sp³-hybridized carbons (Fsp3) is 0.946. The summed E-state index contributed by atoms with van der Waals surface area (Å²) >= 11 is 0. The summed E-state index contributed by atoms with van der Waals surface area (Å²) in [4.78, 5) is 38.0. The minimum Gasteiger partial charge on any atom is -0.462 e. The van der Waals surface area contributed by atoms with Crippen molar-refractivity contribution >= 4 is 17.9 Å². The van der Waals surface area contributed by atoms with Crippen LogP contribution in [0.5, 0.6) is 0 Å². The van der Waals surface area contributed by atoms with E-state index in [0.717, 1.165) is 69.6 Å². The van der Waals surface area contributed by atoms with Crippen molar-refractivity contribution in [3.05, 3.63) is 0 Å². The highest BCUT2D eigenvalue weighted by Gasteiger charge is 2.19. The third-order valence-corrected chi connectivity index (χ3v) is 13.4. The Morgan fingerprint density at radius 3 is 0.839 bits per heavy atom. The predicted molar refractivity (Wildman–Crippen MR) is 266 cm³/mol. The van der Waals surface area contributed by atoms with Gasteiger partial charge < -0.3 is 14.2 Å². The molecule has 368 valence electrons. The first-order valence-corrected chi connectivity index (χ1v) is 27.8. The standard InChI is InChI=1S/C56H108O6/c1-6-9-10-11-12-13-25-31-36-41-46-54(57)60-49-53(50-61-55(58)47-42-37-32-28-27-30-35-40-45-52(5)8-3)62-56(59)48-43-38-33-26-23-21-19-17-15-14-16-18-20-22-24-29-34-39-44-51(4)7-2/h51-53H,6-50H2,1-5H3/t51?,52?,53-/m0/s1. The van der Waals surface area contributed by atoms with Crippen LogP contribution in [0, 0.1) is 11.8 Å². The van der Waals surface area contributed by atoms with E-state index in [1.54, 1.807) is 0 Å². The summed E-state index contributed by atoms with van der Waals surface area (Å²) in [6.45, 7) is 11.4. The van der Waals surface area contributed by atoms with Crippen molar-refractivity contribution in [2.24, 2.45) is 11.8 Å². The Labute approximate surface area is 387 Å². The molecular formula is C56H108O6. The van der Waals surface area contributed by atoms with E-state index in [2.05, 4.69) is 34.6 Å². The molecule has 0 radical (unpaired) electrons. The van der Waals surface area contributed by atoms with E-state index < -0.39 is 6.10 Å². The fourth-order valence-corrected chi connectivity index (χ4v) is 8.46. The summed E-state index contributed by atoms with van der Waals surface area (Å²) in [5.74, 6) is 0.910. The molecule has 0 aromatic heterocycles. The van der Waals surface area contributed by atoms with Crippen LogP contribution in [0.2, 0.25) is 0 Å². The highest BCUT2D eigenvalue weighted by molar-refractivity contribution is 5.71. The lowest BCUT2D eigenvalue weighted by molar-refractivity contribution is -0.167. The third-order valence-electron chi connectivity index (χ3n) is 13.4. The zero-order chi connectivity index (χ0) is 45.4. The molecule has 3 atom stereocenters. The smallest absolute Gasteiger partial charge is 0.306 e. The van der Waals surface area contributed by atoms with Gasteiger partial charge in [0.25, 0.3) is 0 Å². The lowest BCUT2D eigenvalue weighted by atomic mass is 9.99. The van der Waals surface area contributed by atoms with E-state index in [0.29, 0.717) is 19.3 Å². The van der Waals surface area contributed by atoms with Crippen molar-refractivity contribution in [1.29, 1.82) is 0 Å². The molecule has 0 saturated heterocycles. The summed E-state index contributed by atoms with van der Waals surface area (Å²) in [6.07, 6.45) is 50.9. The normalized spacial score (nSPS) is 12.9. The topological polar surface area (TPSA) is 78.9 Å². The first-order valence-electron chi connectivity index (χ1n) is 27.8. The van der Waals surface area contributed by atoms with Crippen LogP contribution in [0.25, 0.3) is 0 Å². The molecule has 6 nitrogen and oxygen atoms in total. The van der Waals surface area contributed by atoms with Crippen LogP contribution in [-0.2, 0) is 28.6 Å². The summed E-state index contributed by atoms with van der Waals surface area (Å²) in [7, 11) is 0. The van der Waals surface area contributed by atoms with E-state index in [1.807, 2.05) is 0 Å². The highest BCUT2D eigenvalue weighted by atomic mass is 16.6. The van der Waals surface area contributed by atoms with Gasteiger partial charge >= 0.3 is 17.9 Å². The van der Waals surface area contributed by atoms with Crippen LogP contribution in [0.15, 0.2) is 0 Å². The zero-order valence-corrected chi connectivity index (χ0v) is 42.5. The summed E-state index contributed by atoms with van der Waals surface area (Å²) in [5.41, 5.74) is 0. The number of carbonyl (C=O) groups is 3. The highest BCUT2D eigenvalue weighted by Crippen LogP contribution is 2.19. The average Bonchev–Trinajstić information content (AvgIpc) is 3.27. The first kappa shape index (κ1) is 60.4. The van der Waals surface area contributed by atoms with Crippen molar-refractivity contribution in [3.63, 3.8) is 0 Å². The quantitative estimate of drug-likeness (QED) is 0.0344. The Bertz CT molecular complexity index is 951. The van der Waals surface area contributed by atoms with Gasteiger partial charge in [0.1, 0.15) is 13.2 Å². The molecule has 0 aliphatic rings. The van der Waals surface area contributed by atoms with Gasteiger partial charge in [0.15, 0.2) is 6.10 Å². The van der Waals surface area contributed by atoms with Gasteiger partial charge in [-0.15, -0.1) is 0 Å². The summed E-state index contributed by atoms with van der Waals surface area (Å²) in [5, 5.41) is 0. The van der Waals surface area contributed by atoms with E-state index >= 15 is 0 Å². The van der Waals surface area contributed by atoms with Crippen LogP contribution in [0.4, 0.5) is 0 Å². The third kappa shape index (κ3) is 46.4. The van der Waals surface area contributed by atoms with Crippen molar-refractivity contribution < 1.29 is 28.6 Å². The van der Waals surface area contributed by atoms with Gasteiger partial charge in [-0.2, -0.15) is 0 Å². The lowest BCUT2D eigenvalue weighted by Crippen LogP contribution is -2.30. The Kier molecular flexibility index (Phi) is 47.6. The Hall–Kier alpha value is -1.59. The zero-order valence-electron chi connectivity index (χ0n) is 42.5. The second-order valence-corrected chi connectivity index (χ2v) is 19.7. The molecule has 0 spiro atoms. The molecule has 0 heterocycles. The maximum Gasteiger partial charge on any atom is 0.306 e. The molecule has 0 aromatic rings. The van der Waals surface area contributed by atoms with Gasteiger partial charge in [-0.25, -0.2) is 0 Å². The molecule has 0 aliphatic carbocycles. The number of rotatable bonds is 50. The molecule has 0 fully saturated rings. The van der Waals surface area contributed by atoms with Crippen molar-refractivity contribution in [1.82, 2.24) is 0 Å². The molecule has 6 heteroatoms. The van der Waals surface area contributed by atoms with Crippen LogP contribution in [0.1, 0.15) is 311 Å². The van der Waals surface area contributed by atoms with Crippen LogP contribution in [0.3, 0.4) is 0 Å². The number of ether oxygens (including phenoxy) is 3. The molecular weight excluding hydrogens is 769 g/mol. The van der Waals surface area contributed by atoms with Gasteiger partial charge in [-0.3, -0.25) is 14.4 Å². The second kappa shape index (κ2) is 48.9. The molecule has 0 rings (SSSR count). The van der Waals surface area contributed by atoms with Crippen LogP contribution < -0.4 is 0 Å². The number of esters is 3. The van der Waals surface area contributed by atoms with E-state index in [1.165, 1.54) is 199 Å². The Morgan fingerprint density at radius 1 is 0.323 bits per heavy atom. The van der Waals surface area contributed by atoms with Gasteiger partial charge in [-0.1, -0.05) is 272 Å². The average molecular weight is 877 g/mol. The monoisotopic (exact) mass is 877 g/mol. The van der Waals surface area contributed by atoms with Crippen molar-refractivity contribution in [2.45, 2.75) is 317 Å². The maximum absolute atomic E-state index is 12.8. The molecule has 0 aliphatic heterocycles. The lowest BCUT2D eigenvalue weighted by Gasteiger charge is -2.18. The molecule has 0 aromatic carbocycles. The van der Waals surface area contributed by atoms with Gasteiger partial charge in [0.05, 0.1) is 0 Å². The van der Waals surface area contributed by atoms with Crippen molar-refractivity contribution in [2.75, 3.05) is 13.2 Å². The molecule has 0 amide bonds. The number of hydrogen-bond acceptors (Lipinski definition) is 6. The molecule has 62 heavy (non-hydrogen) atoms. The Morgan fingerprint density at radius 2 is 0.565 bits per heavy atom. The van der Waals surface area contributed by atoms with Gasteiger partial charge in [0, 0.05) is 19.3 Å². The van der Waals surface area contributed by atoms with Crippen LogP contribution in [-0.4, -0.2) is 37.2 Å². The Balaban J connectivity index is 4.21. The SMILES string of the molecule is CCCCCCCCCCCCC(=O)OC[C@@H](COC(=O)CCCCCCCCCCC(C)CC)OC(=O)CCCCCCCCCCCCCCCCCCCCC(C)CC. The molecule has 0 saturated carbocycles. The number of unbranched alkanes of at least 4 members (excludes halogenated alkanes) is 33. The van der Waals surface area contributed by atoms with E-state index in [9.17, 15) is 14.4 Å². The van der Waals surface area contributed by atoms with Gasteiger partial charge in [-0.05, 0) is 31.1 Å². The fourth-order valence-electron chi connectivity index (χ4n) is 8.46. The maximum atomic E-state index is 12.8. The first-order chi connectivity index (χ1) is 30.3. The largest absolute Gasteiger partial charge is 0.462 e. The van der Waals surface area contributed by atoms with Gasteiger partial charge in [0.2, 0.25) is 0 Å². The molecule has 0 N–H and O–H groups in total. The minimum atomic E-state index is -0.762. The van der Waals surface area contributed by atoms with E-state index in [4.69, 9.17) is 14.2 Å². The number of hydrogen-bond donors (Lipinski definition) is 0. The number of carbonyl (C=O) groups excluding carboxylic acids is 3. The van der Waals surface area contributed by atoms with E-state index in [-0.39, 0.29) is 31.1 Å². The van der Waals surface area contributed by atoms with Crippen LogP contribution >= 0.6 is 0 Å². The van der Waals surface area contributed by atoms with Crippen molar-refractivity contribution in [3.8, 4) is 0 Å². The second-order valence-electron chi connectivity index (χ2n) is 19.7. The predicted octanol–water partition coefficient (Wildman–Crippen LogP) is 18.1. The summed E-state index contributed by atoms with van der Waals surface area (Å²) in [6, 6.07) is 0. The minimum absolute atomic E-state index is 0.0637. The molecule has 2 unspecified atom stereocenters.